The zero-order valence-corrected chi connectivity index (χ0v) is 9.01. The van der Waals surface area contributed by atoms with E-state index in [-0.39, 0.29) is 5.69 Å². The fraction of sp³-hybridized carbons (Fsp3) is 0.300. The van der Waals surface area contributed by atoms with Crippen LogP contribution >= 0.6 is 0 Å². The average Bonchev–Trinajstić information content (AvgIpc) is 2.25. The summed E-state index contributed by atoms with van der Waals surface area (Å²) < 4.78 is 5.20. The Hall–Kier alpha value is -2.11. The van der Waals surface area contributed by atoms with Crippen molar-refractivity contribution in [2.75, 3.05) is 13.7 Å². The topological polar surface area (TPSA) is 85.0 Å². The molecule has 0 radical (unpaired) electrons. The first-order valence-corrected chi connectivity index (χ1v) is 4.67. The van der Waals surface area contributed by atoms with E-state index >= 15 is 0 Å². The Kier molecular flexibility index (Phi) is 3.82. The third-order valence-electron chi connectivity index (χ3n) is 1.90. The maximum absolute atomic E-state index is 10.5. The first-order valence-electron chi connectivity index (χ1n) is 4.67. The van der Waals surface area contributed by atoms with E-state index in [9.17, 15) is 15.2 Å². The van der Waals surface area contributed by atoms with Crippen molar-refractivity contribution < 1.29 is 14.8 Å². The lowest BCUT2D eigenvalue weighted by Crippen LogP contribution is -2.06. The summed E-state index contributed by atoms with van der Waals surface area (Å²) >= 11 is 0. The molecule has 0 fully saturated rings. The highest BCUT2D eigenvalue weighted by Crippen LogP contribution is 2.26. The molecule has 0 aliphatic rings. The van der Waals surface area contributed by atoms with Crippen molar-refractivity contribution in [1.29, 1.82) is 0 Å². The van der Waals surface area contributed by atoms with Crippen LogP contribution in [0.5, 0.6) is 5.75 Å². The van der Waals surface area contributed by atoms with Crippen molar-refractivity contribution in [2.45, 2.75) is 6.92 Å². The molecular weight excluding hydrogens is 212 g/mol. The van der Waals surface area contributed by atoms with Crippen LogP contribution in [0, 0.1) is 10.1 Å². The molecule has 0 aliphatic heterocycles. The monoisotopic (exact) mass is 224 g/mol. The fourth-order valence-corrected chi connectivity index (χ4v) is 1.22. The number of nitro groups is 1. The van der Waals surface area contributed by atoms with E-state index in [1.54, 1.807) is 14.0 Å². The molecule has 0 spiro atoms. The summed E-state index contributed by atoms with van der Waals surface area (Å²) in [5.74, 6) is -0.0592. The number of hydrogen-bond donors (Lipinski definition) is 1. The van der Waals surface area contributed by atoms with E-state index in [1.807, 2.05) is 0 Å². The van der Waals surface area contributed by atoms with Gasteiger partial charge in [-0.15, -0.1) is 0 Å². The predicted octanol–water partition coefficient (Wildman–Crippen LogP) is 1.71. The Labute approximate surface area is 92.3 Å². The third kappa shape index (κ3) is 2.47. The van der Waals surface area contributed by atoms with Crippen LogP contribution in [0.3, 0.4) is 0 Å². The van der Waals surface area contributed by atoms with Gasteiger partial charge in [-0.1, -0.05) is 0 Å². The van der Waals surface area contributed by atoms with Gasteiger partial charge in [0.1, 0.15) is 0 Å². The summed E-state index contributed by atoms with van der Waals surface area (Å²) in [6.07, 6.45) is 0. The molecule has 86 valence electrons. The molecule has 0 heterocycles. The van der Waals surface area contributed by atoms with Gasteiger partial charge in [-0.2, -0.15) is 0 Å². The largest absolute Gasteiger partial charge is 0.502 e. The number of nitro benzene ring substituents is 1. The summed E-state index contributed by atoms with van der Waals surface area (Å²) in [7, 11) is 1.55. The number of hydrogen-bond acceptors (Lipinski definition) is 5. The SMILES string of the molecule is CCOC(=NC)c1ccc([N+](=O)[O-])c(O)c1. The molecule has 1 N–H and O–H groups in total. The van der Waals surface area contributed by atoms with E-state index in [4.69, 9.17) is 4.74 Å². The second-order valence-corrected chi connectivity index (χ2v) is 2.92. The molecule has 6 nitrogen and oxygen atoms in total. The van der Waals surface area contributed by atoms with Gasteiger partial charge in [0.25, 0.3) is 0 Å². The average molecular weight is 224 g/mol. The van der Waals surface area contributed by atoms with Crippen LogP contribution in [-0.2, 0) is 4.74 Å². The molecule has 16 heavy (non-hydrogen) atoms. The van der Waals surface area contributed by atoms with E-state index in [1.165, 1.54) is 18.2 Å². The summed E-state index contributed by atoms with van der Waals surface area (Å²) in [6.45, 7) is 2.24. The predicted molar refractivity (Wildman–Crippen MR) is 58.8 cm³/mol. The van der Waals surface area contributed by atoms with Gasteiger partial charge in [0, 0.05) is 18.7 Å². The smallest absolute Gasteiger partial charge is 0.310 e. The molecule has 0 unspecified atom stereocenters. The molecule has 0 bridgehead atoms. The quantitative estimate of drug-likeness (QED) is 0.366. The Balaban J connectivity index is 3.09. The first kappa shape index (κ1) is 12.0. The van der Waals surface area contributed by atoms with Crippen molar-refractivity contribution in [3.63, 3.8) is 0 Å². The van der Waals surface area contributed by atoms with E-state index in [2.05, 4.69) is 4.99 Å². The van der Waals surface area contributed by atoms with Gasteiger partial charge in [-0.3, -0.25) is 15.1 Å². The van der Waals surface area contributed by atoms with E-state index in [0.29, 0.717) is 18.1 Å². The standard InChI is InChI=1S/C10H12N2O4/c1-3-16-10(11-2)7-4-5-8(12(14)15)9(13)6-7/h4-6,13H,3H2,1-2H3. The number of rotatable bonds is 3. The number of ether oxygens (including phenoxy) is 1. The van der Waals surface area contributed by atoms with Crippen molar-refractivity contribution in [1.82, 2.24) is 0 Å². The minimum absolute atomic E-state index is 0.337. The molecule has 1 aromatic rings. The van der Waals surface area contributed by atoms with Gasteiger partial charge in [0.05, 0.1) is 11.5 Å². The van der Waals surface area contributed by atoms with Gasteiger partial charge in [-0.05, 0) is 19.1 Å². The lowest BCUT2D eigenvalue weighted by Gasteiger charge is -2.06. The Bertz CT molecular complexity index is 429. The molecule has 1 rings (SSSR count). The highest BCUT2D eigenvalue weighted by Gasteiger charge is 2.15. The normalized spacial score (nSPS) is 11.2. The van der Waals surface area contributed by atoms with Gasteiger partial charge in [-0.25, -0.2) is 0 Å². The van der Waals surface area contributed by atoms with Crippen molar-refractivity contribution >= 4 is 11.6 Å². The minimum Gasteiger partial charge on any atom is -0.502 e. The molecular formula is C10H12N2O4. The van der Waals surface area contributed by atoms with Gasteiger partial charge in [0.2, 0.25) is 5.90 Å². The number of phenolic OH excluding ortho intramolecular Hbond substituents is 1. The molecule has 0 amide bonds. The van der Waals surface area contributed by atoms with Gasteiger partial charge >= 0.3 is 5.69 Å². The van der Waals surface area contributed by atoms with Crippen LogP contribution in [0.25, 0.3) is 0 Å². The molecule has 0 aliphatic carbocycles. The molecule has 0 aromatic heterocycles. The van der Waals surface area contributed by atoms with E-state index < -0.39 is 10.7 Å². The van der Waals surface area contributed by atoms with Crippen molar-refractivity contribution in [3.8, 4) is 5.75 Å². The fourth-order valence-electron chi connectivity index (χ4n) is 1.22. The van der Waals surface area contributed by atoms with Crippen LogP contribution < -0.4 is 0 Å². The zero-order chi connectivity index (χ0) is 12.1. The van der Waals surface area contributed by atoms with Crippen LogP contribution in [0.1, 0.15) is 12.5 Å². The highest BCUT2D eigenvalue weighted by atomic mass is 16.6. The molecule has 0 saturated heterocycles. The second-order valence-electron chi connectivity index (χ2n) is 2.92. The lowest BCUT2D eigenvalue weighted by molar-refractivity contribution is -0.385. The molecule has 0 atom stereocenters. The van der Waals surface area contributed by atoms with Gasteiger partial charge < -0.3 is 9.84 Å². The lowest BCUT2D eigenvalue weighted by atomic mass is 10.2. The third-order valence-corrected chi connectivity index (χ3v) is 1.90. The second kappa shape index (κ2) is 5.11. The number of nitrogens with zero attached hydrogens (tertiary/aromatic N) is 2. The first-order chi connectivity index (χ1) is 7.60. The Morgan fingerprint density at radius 2 is 2.31 bits per heavy atom. The number of phenols is 1. The van der Waals surface area contributed by atoms with Crippen LogP contribution in [0.2, 0.25) is 0 Å². The molecule has 0 saturated carbocycles. The van der Waals surface area contributed by atoms with Crippen LogP contribution in [-0.4, -0.2) is 29.6 Å². The number of aromatic hydroxyl groups is 1. The van der Waals surface area contributed by atoms with Crippen molar-refractivity contribution in [2.24, 2.45) is 4.99 Å². The Morgan fingerprint density at radius 1 is 1.62 bits per heavy atom. The molecule has 1 aromatic carbocycles. The summed E-state index contributed by atoms with van der Waals surface area (Å²) in [6, 6.07) is 3.96. The summed E-state index contributed by atoms with van der Waals surface area (Å²) in [5, 5.41) is 19.9. The zero-order valence-electron chi connectivity index (χ0n) is 9.01. The highest BCUT2D eigenvalue weighted by molar-refractivity contribution is 5.94. The summed E-state index contributed by atoms with van der Waals surface area (Å²) in [4.78, 5) is 13.7. The van der Waals surface area contributed by atoms with E-state index in [0.717, 1.165) is 0 Å². The maximum Gasteiger partial charge on any atom is 0.310 e. The number of benzene rings is 1. The number of aliphatic imine (C=N–C) groups is 1. The maximum atomic E-state index is 10.5. The summed E-state index contributed by atoms with van der Waals surface area (Å²) in [5.41, 5.74) is 0.170. The van der Waals surface area contributed by atoms with Crippen molar-refractivity contribution in [3.05, 3.63) is 33.9 Å². The molecule has 6 heteroatoms. The van der Waals surface area contributed by atoms with Gasteiger partial charge in [0.15, 0.2) is 5.75 Å². The van der Waals surface area contributed by atoms with Crippen LogP contribution in [0.15, 0.2) is 23.2 Å². The Morgan fingerprint density at radius 3 is 2.75 bits per heavy atom. The minimum atomic E-state index is -0.650. The van der Waals surface area contributed by atoms with Crippen LogP contribution in [0.4, 0.5) is 5.69 Å².